The summed E-state index contributed by atoms with van der Waals surface area (Å²) in [5, 5.41) is 8.47. The van der Waals surface area contributed by atoms with Gasteiger partial charge in [0.15, 0.2) is 0 Å². The monoisotopic (exact) mass is 361 g/mol. The molecule has 1 saturated heterocycles. The van der Waals surface area contributed by atoms with Crippen LogP contribution in [0.2, 0.25) is 0 Å². The van der Waals surface area contributed by atoms with Gasteiger partial charge in [0.2, 0.25) is 0 Å². The first kappa shape index (κ1) is 25.3. The third kappa shape index (κ3) is 23.4. The van der Waals surface area contributed by atoms with Crippen LogP contribution in [0.25, 0.3) is 0 Å². The Morgan fingerprint density at radius 1 is 0.500 bits per heavy atom. The largest absolute Gasteiger partial charge is 1.00 e. The van der Waals surface area contributed by atoms with Crippen molar-refractivity contribution < 1.29 is 79.8 Å². The van der Waals surface area contributed by atoms with Crippen LogP contribution < -0.4 is 51.4 Å². The zero-order valence-corrected chi connectivity index (χ0v) is 17.2. The Labute approximate surface area is 180 Å². The average molecular weight is 362 g/mol. The second-order valence-corrected chi connectivity index (χ2v) is 3.95. The summed E-state index contributed by atoms with van der Waals surface area (Å²) < 4.78 is 32.0. The van der Waals surface area contributed by atoms with E-state index in [0.29, 0.717) is 79.3 Å². The smallest absolute Gasteiger partial charge is 0.696 e. The van der Waals surface area contributed by atoms with Gasteiger partial charge in [0.1, 0.15) is 0 Å². The maximum Gasteiger partial charge on any atom is 1.00 e. The zero-order valence-electron chi connectivity index (χ0n) is 13.3. The second kappa shape index (κ2) is 24.4. The van der Waals surface area contributed by atoms with Crippen molar-refractivity contribution in [3.8, 4) is 5.40 Å². The van der Waals surface area contributed by atoms with Crippen molar-refractivity contribution in [1.82, 2.24) is 0 Å². The number of nitriles is 1. The van der Waals surface area contributed by atoms with Crippen LogP contribution in [-0.2, 0) is 41.0 Å². The Morgan fingerprint density at radius 2 is 0.591 bits per heavy atom. The number of hydrogen-bond acceptors (Lipinski definition) is 8. The van der Waals surface area contributed by atoms with Gasteiger partial charge in [0, 0.05) is 0 Å². The van der Waals surface area contributed by atoms with E-state index in [2.05, 4.69) is 12.6 Å². The van der Waals surface area contributed by atoms with Crippen LogP contribution in [0, 0.1) is 10.7 Å². The molecule has 1 heterocycles. The van der Waals surface area contributed by atoms with E-state index in [1.165, 1.54) is 5.40 Å². The van der Waals surface area contributed by atoms with Gasteiger partial charge in [-0.05, 0) is 0 Å². The Morgan fingerprint density at radius 3 is 0.682 bits per heavy atom. The minimum absolute atomic E-state index is 0. The molecule has 0 spiro atoms. The molecule has 0 amide bonds. The molecule has 0 radical (unpaired) electrons. The molecule has 0 aromatic heterocycles. The summed E-state index contributed by atoms with van der Waals surface area (Å²) in [6.07, 6.45) is 0. The Hall–Kier alpha value is 1.11. The van der Waals surface area contributed by atoms with Crippen molar-refractivity contribution >= 4 is 12.6 Å². The third-order valence-electron chi connectivity index (χ3n) is 2.23. The maximum absolute atomic E-state index is 7.13. The van der Waals surface area contributed by atoms with Crippen LogP contribution in [-0.4, -0.2) is 79.3 Å². The van der Waals surface area contributed by atoms with Crippen molar-refractivity contribution in [3.05, 3.63) is 0 Å². The van der Waals surface area contributed by atoms with Crippen LogP contribution in [0.5, 0.6) is 0 Å². The topological polar surface area (TPSA) is 79.2 Å². The predicted octanol–water partition coefficient (Wildman–Crippen LogP) is -2.88. The number of hydrogen-bond donors (Lipinski definition) is 0. The summed E-state index contributed by atoms with van der Waals surface area (Å²) in [6, 6.07) is 0. The van der Waals surface area contributed by atoms with Gasteiger partial charge in [-0.25, -0.2) is 5.26 Å². The Kier molecular flexibility index (Phi) is 28.1. The Balaban J connectivity index is 0. The van der Waals surface area contributed by atoms with E-state index in [1.807, 2.05) is 0 Å². The van der Waals surface area contributed by atoms with Gasteiger partial charge in [-0.15, -0.1) is 0 Å². The fraction of sp³-hybridized carbons (Fsp3) is 0.923. The molecule has 0 unspecified atom stereocenters. The molecule has 1 rings (SSSR count). The standard InChI is InChI=1S/C12H24O6.CHNS.K/c1-2-14-5-6-16-9-10-18-12-11-17-8-7-15-4-3-13-1;2-1-3;/h1-12H2;3H;/q;;+1/p-1. The summed E-state index contributed by atoms with van der Waals surface area (Å²) in [7, 11) is 0. The van der Waals surface area contributed by atoms with Crippen LogP contribution in [0.4, 0.5) is 0 Å². The molecule has 0 aliphatic carbocycles. The van der Waals surface area contributed by atoms with Crippen molar-refractivity contribution in [2.45, 2.75) is 0 Å². The van der Waals surface area contributed by atoms with E-state index in [-0.39, 0.29) is 51.4 Å². The molecule has 7 nitrogen and oxygen atoms in total. The van der Waals surface area contributed by atoms with Gasteiger partial charge in [0.25, 0.3) is 0 Å². The summed E-state index contributed by atoms with van der Waals surface area (Å²) >= 11 is 3.70. The molecule has 0 bridgehead atoms. The van der Waals surface area contributed by atoms with Crippen LogP contribution >= 0.6 is 0 Å². The fourth-order valence-electron chi connectivity index (χ4n) is 1.32. The molecule has 0 aromatic carbocycles. The van der Waals surface area contributed by atoms with E-state index in [4.69, 9.17) is 33.7 Å². The molecule has 0 saturated carbocycles. The molecule has 124 valence electrons. The van der Waals surface area contributed by atoms with E-state index >= 15 is 0 Å². The molecule has 1 aliphatic heterocycles. The van der Waals surface area contributed by atoms with Gasteiger partial charge in [-0.3, -0.25) is 0 Å². The molecular weight excluding hydrogens is 337 g/mol. The average Bonchev–Trinajstić information content (AvgIpc) is 2.48. The van der Waals surface area contributed by atoms with Crippen LogP contribution in [0.15, 0.2) is 0 Å². The molecular formula is C13H24KNO6S. The first-order chi connectivity index (χ1) is 10.4. The van der Waals surface area contributed by atoms with Crippen molar-refractivity contribution in [3.63, 3.8) is 0 Å². The number of nitrogens with zero attached hydrogens (tertiary/aromatic N) is 1. The zero-order chi connectivity index (χ0) is 15.4. The van der Waals surface area contributed by atoms with Gasteiger partial charge in [-0.2, -0.15) is 0 Å². The van der Waals surface area contributed by atoms with Crippen molar-refractivity contribution in [1.29, 1.82) is 5.26 Å². The molecule has 9 heteroatoms. The molecule has 0 atom stereocenters. The normalized spacial score (nSPS) is 20.0. The second-order valence-electron chi connectivity index (χ2n) is 3.77. The van der Waals surface area contributed by atoms with Crippen molar-refractivity contribution in [2.24, 2.45) is 0 Å². The first-order valence-corrected chi connectivity index (χ1v) is 7.30. The summed E-state index contributed by atoms with van der Waals surface area (Å²) in [5.74, 6) is 0. The predicted molar refractivity (Wildman–Crippen MR) is 77.9 cm³/mol. The summed E-state index contributed by atoms with van der Waals surface area (Å²) in [4.78, 5) is 0. The fourth-order valence-corrected chi connectivity index (χ4v) is 1.32. The number of ether oxygens (including phenoxy) is 6. The van der Waals surface area contributed by atoms with Gasteiger partial charge in [-0.1, -0.05) is 5.40 Å². The Bertz CT molecular complexity index is 170. The first-order valence-electron chi connectivity index (χ1n) is 6.89. The molecule has 0 aromatic rings. The third-order valence-corrected chi connectivity index (χ3v) is 2.23. The molecule has 1 fully saturated rings. The maximum atomic E-state index is 7.13. The van der Waals surface area contributed by atoms with Crippen LogP contribution in [0.1, 0.15) is 0 Å². The van der Waals surface area contributed by atoms with Gasteiger partial charge in [0.05, 0.1) is 79.3 Å². The van der Waals surface area contributed by atoms with Gasteiger partial charge < -0.3 is 41.0 Å². The van der Waals surface area contributed by atoms with E-state index in [9.17, 15) is 0 Å². The minimum atomic E-state index is 0. The minimum Gasteiger partial charge on any atom is -0.696 e. The summed E-state index contributed by atoms with van der Waals surface area (Å²) in [5.41, 5.74) is 0. The molecule has 1 aliphatic rings. The van der Waals surface area contributed by atoms with E-state index in [1.54, 1.807) is 0 Å². The van der Waals surface area contributed by atoms with E-state index < -0.39 is 0 Å². The summed E-state index contributed by atoms with van der Waals surface area (Å²) in [6.45, 7) is 7.04. The SMILES string of the molecule is C1COCCOCCOCCOCCOCCO1.N#C[S-].[K+]. The quantitative estimate of drug-likeness (QED) is 0.259. The molecule has 22 heavy (non-hydrogen) atoms. The number of rotatable bonds is 0. The van der Waals surface area contributed by atoms with Crippen molar-refractivity contribution in [2.75, 3.05) is 79.3 Å². The van der Waals surface area contributed by atoms with E-state index in [0.717, 1.165) is 0 Å². The van der Waals surface area contributed by atoms with Gasteiger partial charge >= 0.3 is 51.4 Å². The number of thiocyanates is 1. The van der Waals surface area contributed by atoms with Crippen LogP contribution in [0.3, 0.4) is 0 Å². The molecule has 0 N–H and O–H groups in total.